The van der Waals surface area contributed by atoms with E-state index in [1.807, 2.05) is 42.5 Å². The largest absolute Gasteiger partial charge is 0.497 e. The smallest absolute Gasteiger partial charge is 0.228 e. The Labute approximate surface area is 118 Å². The van der Waals surface area contributed by atoms with E-state index in [9.17, 15) is 4.79 Å². The van der Waals surface area contributed by atoms with Gasteiger partial charge in [0.25, 0.3) is 0 Å². The second kappa shape index (κ2) is 5.37. The first kappa shape index (κ1) is 12.7. The third kappa shape index (κ3) is 2.67. The Kier molecular flexibility index (Phi) is 3.42. The van der Waals surface area contributed by atoms with Crippen LogP contribution < -0.4 is 10.1 Å². The normalized spacial score (nSPS) is 20.2. The van der Waals surface area contributed by atoms with Gasteiger partial charge in [0.1, 0.15) is 5.75 Å². The van der Waals surface area contributed by atoms with Gasteiger partial charge in [-0.25, -0.2) is 0 Å². The fraction of sp³-hybridized carbons (Fsp3) is 0.235. The fourth-order valence-corrected chi connectivity index (χ4v) is 2.46. The standard InChI is InChI=1S/C17H17NO2/c1-20-14-9-7-13(8-10-14)18-17(19)16-11-15(16)12-5-3-2-4-6-12/h2-10,15-16H,11H2,1H3,(H,18,19)/t15-,16-/m0/s1. The molecule has 0 radical (unpaired) electrons. The minimum absolute atomic E-state index is 0.0968. The summed E-state index contributed by atoms with van der Waals surface area (Å²) in [5.41, 5.74) is 2.07. The van der Waals surface area contributed by atoms with Gasteiger partial charge in [0, 0.05) is 11.6 Å². The van der Waals surface area contributed by atoms with Crippen molar-refractivity contribution in [1.29, 1.82) is 0 Å². The van der Waals surface area contributed by atoms with E-state index >= 15 is 0 Å². The average Bonchev–Trinajstić information content (AvgIpc) is 3.29. The zero-order valence-corrected chi connectivity index (χ0v) is 11.4. The van der Waals surface area contributed by atoms with Gasteiger partial charge in [-0.1, -0.05) is 30.3 Å². The third-order valence-electron chi connectivity index (χ3n) is 3.71. The summed E-state index contributed by atoms with van der Waals surface area (Å²) in [5, 5.41) is 2.96. The number of hydrogen-bond donors (Lipinski definition) is 1. The molecule has 3 nitrogen and oxygen atoms in total. The molecule has 1 N–H and O–H groups in total. The number of anilines is 1. The van der Waals surface area contributed by atoms with Gasteiger partial charge in [0.2, 0.25) is 5.91 Å². The van der Waals surface area contributed by atoms with E-state index in [2.05, 4.69) is 17.4 Å². The lowest BCUT2D eigenvalue weighted by atomic mass is 10.1. The second-order valence-corrected chi connectivity index (χ2v) is 5.08. The molecule has 0 spiro atoms. The van der Waals surface area contributed by atoms with Crippen molar-refractivity contribution >= 4 is 11.6 Å². The van der Waals surface area contributed by atoms with Crippen LogP contribution in [-0.2, 0) is 4.79 Å². The Morgan fingerprint density at radius 2 is 1.80 bits per heavy atom. The molecule has 3 heteroatoms. The van der Waals surface area contributed by atoms with E-state index in [-0.39, 0.29) is 11.8 Å². The third-order valence-corrected chi connectivity index (χ3v) is 3.71. The molecular weight excluding hydrogens is 250 g/mol. The van der Waals surface area contributed by atoms with Crippen LogP contribution in [0.2, 0.25) is 0 Å². The van der Waals surface area contributed by atoms with Crippen LogP contribution in [0.15, 0.2) is 54.6 Å². The highest BCUT2D eigenvalue weighted by Crippen LogP contribution is 2.47. The molecular formula is C17H17NO2. The number of hydrogen-bond acceptors (Lipinski definition) is 2. The van der Waals surface area contributed by atoms with Gasteiger partial charge in [0.15, 0.2) is 0 Å². The monoisotopic (exact) mass is 267 g/mol. The molecule has 0 bridgehead atoms. The molecule has 2 aromatic rings. The summed E-state index contributed by atoms with van der Waals surface area (Å²) in [6.45, 7) is 0. The van der Waals surface area contributed by atoms with Crippen LogP contribution in [0.4, 0.5) is 5.69 Å². The zero-order chi connectivity index (χ0) is 13.9. The van der Waals surface area contributed by atoms with Crippen LogP contribution in [0.1, 0.15) is 17.9 Å². The van der Waals surface area contributed by atoms with Crippen LogP contribution in [0, 0.1) is 5.92 Å². The highest BCUT2D eigenvalue weighted by molar-refractivity contribution is 5.95. The summed E-state index contributed by atoms with van der Waals surface area (Å²) >= 11 is 0. The lowest BCUT2D eigenvalue weighted by Gasteiger charge is -2.06. The fourth-order valence-electron chi connectivity index (χ4n) is 2.46. The van der Waals surface area contributed by atoms with E-state index < -0.39 is 0 Å². The summed E-state index contributed by atoms with van der Waals surface area (Å²) < 4.78 is 5.10. The Hall–Kier alpha value is -2.29. The Morgan fingerprint density at radius 3 is 2.45 bits per heavy atom. The van der Waals surface area contributed by atoms with E-state index in [1.54, 1.807) is 7.11 Å². The molecule has 2 aromatic carbocycles. The topological polar surface area (TPSA) is 38.3 Å². The molecule has 1 fully saturated rings. The van der Waals surface area contributed by atoms with Crippen molar-refractivity contribution in [1.82, 2.24) is 0 Å². The first-order chi connectivity index (χ1) is 9.78. The molecule has 1 saturated carbocycles. The maximum Gasteiger partial charge on any atom is 0.228 e. The minimum Gasteiger partial charge on any atom is -0.497 e. The van der Waals surface area contributed by atoms with E-state index in [0.717, 1.165) is 17.9 Å². The molecule has 3 rings (SSSR count). The average molecular weight is 267 g/mol. The van der Waals surface area contributed by atoms with Crippen LogP contribution >= 0.6 is 0 Å². The van der Waals surface area contributed by atoms with Crippen LogP contribution in [-0.4, -0.2) is 13.0 Å². The van der Waals surface area contributed by atoms with Gasteiger partial charge >= 0.3 is 0 Å². The highest BCUT2D eigenvalue weighted by Gasteiger charge is 2.43. The number of rotatable bonds is 4. The second-order valence-electron chi connectivity index (χ2n) is 5.08. The summed E-state index contributed by atoms with van der Waals surface area (Å²) in [5.74, 6) is 1.36. The minimum atomic E-state index is 0.0968. The van der Waals surface area contributed by atoms with Crippen LogP contribution in [0.5, 0.6) is 5.75 Å². The number of methoxy groups -OCH3 is 1. The maximum atomic E-state index is 12.2. The van der Waals surface area contributed by atoms with Crippen molar-refractivity contribution in [3.63, 3.8) is 0 Å². The number of benzene rings is 2. The molecule has 2 atom stereocenters. The van der Waals surface area contributed by atoms with Gasteiger partial charge in [-0.2, -0.15) is 0 Å². The Bertz CT molecular complexity index is 592. The summed E-state index contributed by atoms with van der Waals surface area (Å²) in [7, 11) is 1.63. The van der Waals surface area contributed by atoms with E-state index in [4.69, 9.17) is 4.74 Å². The van der Waals surface area contributed by atoms with E-state index in [1.165, 1.54) is 5.56 Å². The van der Waals surface area contributed by atoms with Gasteiger partial charge in [-0.05, 0) is 42.2 Å². The molecule has 1 amide bonds. The Balaban J connectivity index is 1.61. The summed E-state index contributed by atoms with van der Waals surface area (Å²) in [6.07, 6.45) is 0.937. The number of amides is 1. The van der Waals surface area contributed by atoms with Crippen molar-refractivity contribution in [2.24, 2.45) is 5.92 Å². The van der Waals surface area contributed by atoms with Gasteiger partial charge in [-0.3, -0.25) is 4.79 Å². The molecule has 0 heterocycles. The molecule has 20 heavy (non-hydrogen) atoms. The summed E-state index contributed by atoms with van der Waals surface area (Å²) in [6, 6.07) is 17.6. The van der Waals surface area contributed by atoms with Gasteiger partial charge in [-0.15, -0.1) is 0 Å². The number of carbonyl (C=O) groups excluding carboxylic acids is 1. The molecule has 1 aliphatic rings. The lowest BCUT2D eigenvalue weighted by molar-refractivity contribution is -0.117. The number of carbonyl (C=O) groups is 1. The van der Waals surface area contributed by atoms with Crippen LogP contribution in [0.25, 0.3) is 0 Å². The quantitative estimate of drug-likeness (QED) is 0.921. The molecule has 0 unspecified atom stereocenters. The van der Waals surface area contributed by atoms with E-state index in [0.29, 0.717) is 5.92 Å². The zero-order valence-electron chi connectivity index (χ0n) is 11.4. The van der Waals surface area contributed by atoms with Gasteiger partial charge < -0.3 is 10.1 Å². The predicted octanol–water partition coefficient (Wildman–Crippen LogP) is 3.44. The molecule has 0 saturated heterocycles. The molecule has 0 aliphatic heterocycles. The van der Waals surface area contributed by atoms with Crippen molar-refractivity contribution in [3.05, 3.63) is 60.2 Å². The maximum absolute atomic E-state index is 12.2. The molecule has 0 aromatic heterocycles. The Morgan fingerprint density at radius 1 is 1.10 bits per heavy atom. The highest BCUT2D eigenvalue weighted by atomic mass is 16.5. The SMILES string of the molecule is COc1ccc(NC(=O)[C@H]2C[C@H]2c2ccccc2)cc1. The predicted molar refractivity (Wildman–Crippen MR) is 78.9 cm³/mol. The number of ether oxygens (including phenoxy) is 1. The first-order valence-corrected chi connectivity index (χ1v) is 6.78. The molecule has 102 valence electrons. The van der Waals surface area contributed by atoms with Gasteiger partial charge in [0.05, 0.1) is 7.11 Å². The van der Waals surface area contributed by atoms with Crippen molar-refractivity contribution in [2.75, 3.05) is 12.4 Å². The first-order valence-electron chi connectivity index (χ1n) is 6.78. The lowest BCUT2D eigenvalue weighted by Crippen LogP contribution is -2.14. The summed E-state index contributed by atoms with van der Waals surface area (Å²) in [4.78, 5) is 12.2. The molecule has 1 aliphatic carbocycles. The van der Waals surface area contributed by atoms with Crippen molar-refractivity contribution in [2.45, 2.75) is 12.3 Å². The van der Waals surface area contributed by atoms with Crippen molar-refractivity contribution in [3.8, 4) is 5.75 Å². The number of nitrogens with one attached hydrogen (secondary N) is 1. The van der Waals surface area contributed by atoms with Crippen LogP contribution in [0.3, 0.4) is 0 Å². The van der Waals surface area contributed by atoms with Crippen molar-refractivity contribution < 1.29 is 9.53 Å².